The molecule has 3 N–H and O–H groups in total. The molecule has 1 aliphatic heterocycles. The number of primary amides is 1. The molecule has 3 amide bonds. The van der Waals surface area contributed by atoms with Crippen molar-refractivity contribution in [3.63, 3.8) is 0 Å². The highest BCUT2D eigenvalue weighted by molar-refractivity contribution is 6.10. The topological polar surface area (TPSA) is 105 Å². The van der Waals surface area contributed by atoms with E-state index in [-0.39, 0.29) is 31.5 Å². The lowest BCUT2D eigenvalue weighted by molar-refractivity contribution is -0.137. The van der Waals surface area contributed by atoms with Gasteiger partial charge in [0.2, 0.25) is 5.91 Å². The highest BCUT2D eigenvalue weighted by Gasteiger charge is 2.39. The maximum absolute atomic E-state index is 13.7. The van der Waals surface area contributed by atoms with Crippen molar-refractivity contribution >= 4 is 29.1 Å². The maximum atomic E-state index is 13.7. The predicted octanol–water partition coefficient (Wildman–Crippen LogP) is 1.74. The SMILES string of the molecule is CCN(C1CCC1)[C@@H](C(N)=O)C(=O)Nc1ccc(N2CCOCC2=O)cc1C(F)(F)F. The first-order chi connectivity index (χ1) is 14.6. The van der Waals surface area contributed by atoms with E-state index < -0.39 is 41.2 Å². The van der Waals surface area contributed by atoms with E-state index in [0.29, 0.717) is 6.54 Å². The van der Waals surface area contributed by atoms with Crippen molar-refractivity contribution in [2.24, 2.45) is 5.73 Å². The number of morpholine rings is 1. The van der Waals surface area contributed by atoms with Gasteiger partial charge in [0.15, 0.2) is 6.04 Å². The van der Waals surface area contributed by atoms with Gasteiger partial charge in [-0.3, -0.25) is 19.3 Å². The molecule has 31 heavy (non-hydrogen) atoms. The largest absolute Gasteiger partial charge is 0.418 e. The number of nitrogens with one attached hydrogen (secondary N) is 1. The number of hydrogen-bond acceptors (Lipinski definition) is 5. The summed E-state index contributed by atoms with van der Waals surface area (Å²) in [5.41, 5.74) is 3.86. The minimum Gasteiger partial charge on any atom is -0.370 e. The van der Waals surface area contributed by atoms with Crippen molar-refractivity contribution in [3.8, 4) is 0 Å². The van der Waals surface area contributed by atoms with Gasteiger partial charge in [0.1, 0.15) is 6.61 Å². The number of nitrogens with two attached hydrogens (primary N) is 1. The van der Waals surface area contributed by atoms with Gasteiger partial charge in [-0.25, -0.2) is 0 Å². The third-order valence-electron chi connectivity index (χ3n) is 5.62. The van der Waals surface area contributed by atoms with Crippen molar-refractivity contribution in [1.29, 1.82) is 0 Å². The first-order valence-electron chi connectivity index (χ1n) is 10.1. The Labute approximate surface area is 177 Å². The van der Waals surface area contributed by atoms with Crippen LogP contribution < -0.4 is 16.0 Å². The fourth-order valence-corrected chi connectivity index (χ4v) is 3.85. The van der Waals surface area contributed by atoms with Gasteiger partial charge in [0, 0.05) is 18.3 Å². The Bertz CT molecular complexity index is 857. The zero-order chi connectivity index (χ0) is 22.8. The van der Waals surface area contributed by atoms with Crippen molar-refractivity contribution in [3.05, 3.63) is 23.8 Å². The monoisotopic (exact) mass is 442 g/mol. The number of anilines is 2. The summed E-state index contributed by atoms with van der Waals surface area (Å²) in [6.07, 6.45) is -2.26. The van der Waals surface area contributed by atoms with Crippen molar-refractivity contribution in [2.75, 3.05) is 36.5 Å². The van der Waals surface area contributed by atoms with Crippen molar-refractivity contribution in [2.45, 2.75) is 44.4 Å². The highest BCUT2D eigenvalue weighted by Crippen LogP contribution is 2.38. The summed E-state index contributed by atoms with van der Waals surface area (Å²) in [7, 11) is 0. The predicted molar refractivity (Wildman–Crippen MR) is 106 cm³/mol. The molecule has 1 heterocycles. The maximum Gasteiger partial charge on any atom is 0.418 e. The van der Waals surface area contributed by atoms with Gasteiger partial charge < -0.3 is 20.7 Å². The number of ether oxygens (including phenoxy) is 1. The third-order valence-corrected chi connectivity index (χ3v) is 5.62. The molecule has 0 aromatic heterocycles. The van der Waals surface area contributed by atoms with Crippen LogP contribution in [-0.4, -0.2) is 61.0 Å². The molecule has 3 rings (SSSR count). The standard InChI is InChI=1S/C20H25F3N4O4/c1-2-26(12-4-3-5-12)17(18(24)29)19(30)25-15-7-6-13(10-14(15)20(21,22)23)27-8-9-31-11-16(27)28/h6-7,10,12,17H,2-5,8-9,11H2,1H3,(H2,24,29)(H,25,30)/t17-/m0/s1. The van der Waals surface area contributed by atoms with Crippen LogP contribution in [0.2, 0.25) is 0 Å². The van der Waals surface area contributed by atoms with Crippen LogP contribution in [0, 0.1) is 0 Å². The summed E-state index contributed by atoms with van der Waals surface area (Å²) in [4.78, 5) is 39.6. The normalized spacial score (nSPS) is 18.6. The van der Waals surface area contributed by atoms with E-state index in [1.54, 1.807) is 11.8 Å². The second-order valence-corrected chi connectivity index (χ2v) is 7.53. The van der Waals surface area contributed by atoms with E-state index in [4.69, 9.17) is 10.5 Å². The van der Waals surface area contributed by atoms with E-state index in [1.165, 1.54) is 11.0 Å². The first kappa shape index (κ1) is 23.0. The summed E-state index contributed by atoms with van der Waals surface area (Å²) in [6, 6.07) is 1.82. The van der Waals surface area contributed by atoms with E-state index in [0.717, 1.165) is 31.4 Å². The molecule has 1 atom stereocenters. The molecule has 0 bridgehead atoms. The molecule has 2 aliphatic rings. The summed E-state index contributed by atoms with van der Waals surface area (Å²) < 4.78 is 46.2. The molecule has 0 unspecified atom stereocenters. The summed E-state index contributed by atoms with van der Waals surface area (Å²) in [5.74, 6) is -2.29. The second-order valence-electron chi connectivity index (χ2n) is 7.53. The van der Waals surface area contributed by atoms with E-state index in [1.807, 2.05) is 0 Å². The molecule has 1 saturated carbocycles. The van der Waals surface area contributed by atoms with E-state index in [2.05, 4.69) is 5.32 Å². The Kier molecular flexibility index (Phi) is 6.85. The van der Waals surface area contributed by atoms with Gasteiger partial charge in [-0.15, -0.1) is 0 Å². The minimum absolute atomic E-state index is 0.00922. The van der Waals surface area contributed by atoms with Crippen LogP contribution in [0.15, 0.2) is 18.2 Å². The summed E-state index contributed by atoms with van der Waals surface area (Å²) in [6.45, 7) is 2.24. The number of carbonyl (C=O) groups is 3. The number of likely N-dealkylation sites (N-methyl/N-ethyl adjacent to an activating group) is 1. The average Bonchev–Trinajstić information content (AvgIpc) is 2.65. The Morgan fingerprint density at radius 1 is 1.35 bits per heavy atom. The number of amides is 3. The van der Waals surface area contributed by atoms with E-state index in [9.17, 15) is 27.6 Å². The molecule has 2 fully saturated rings. The first-order valence-corrected chi connectivity index (χ1v) is 10.1. The van der Waals surface area contributed by atoms with Crippen molar-refractivity contribution in [1.82, 2.24) is 4.90 Å². The Hall–Kier alpha value is -2.66. The fraction of sp³-hybridized carbons (Fsp3) is 0.550. The molecule has 8 nitrogen and oxygen atoms in total. The smallest absolute Gasteiger partial charge is 0.370 e. The van der Waals surface area contributed by atoms with Gasteiger partial charge in [-0.05, 0) is 37.6 Å². The molecule has 1 aliphatic carbocycles. The summed E-state index contributed by atoms with van der Waals surface area (Å²) >= 11 is 0. The Morgan fingerprint density at radius 2 is 2.06 bits per heavy atom. The number of carbonyl (C=O) groups excluding carboxylic acids is 3. The van der Waals surface area contributed by atoms with Crippen LogP contribution in [0.5, 0.6) is 0 Å². The lowest BCUT2D eigenvalue weighted by atomic mass is 9.90. The van der Waals surface area contributed by atoms with Gasteiger partial charge in [0.25, 0.3) is 11.8 Å². The van der Waals surface area contributed by atoms with Gasteiger partial charge in [-0.2, -0.15) is 13.2 Å². The minimum atomic E-state index is -4.80. The molecular weight excluding hydrogens is 417 g/mol. The quantitative estimate of drug-likeness (QED) is 0.626. The Morgan fingerprint density at radius 3 is 2.58 bits per heavy atom. The molecule has 1 aromatic carbocycles. The van der Waals surface area contributed by atoms with Gasteiger partial charge in [-0.1, -0.05) is 13.3 Å². The second kappa shape index (κ2) is 9.23. The number of halogens is 3. The molecule has 170 valence electrons. The van der Waals surface area contributed by atoms with Crippen LogP contribution >= 0.6 is 0 Å². The lowest BCUT2D eigenvalue weighted by Gasteiger charge is -2.40. The number of alkyl halides is 3. The molecular formula is C20H25F3N4O4. The van der Waals surface area contributed by atoms with Gasteiger partial charge in [0.05, 0.1) is 17.9 Å². The Balaban J connectivity index is 1.89. The fourth-order valence-electron chi connectivity index (χ4n) is 3.85. The number of hydrogen-bond donors (Lipinski definition) is 2. The number of rotatable bonds is 7. The van der Waals surface area contributed by atoms with Crippen LogP contribution in [0.3, 0.4) is 0 Å². The van der Waals surface area contributed by atoms with Crippen LogP contribution in [0.4, 0.5) is 24.5 Å². The van der Waals surface area contributed by atoms with Crippen LogP contribution in [0.1, 0.15) is 31.7 Å². The molecule has 0 radical (unpaired) electrons. The summed E-state index contributed by atoms with van der Waals surface area (Å²) in [5, 5.41) is 2.23. The molecule has 0 spiro atoms. The zero-order valence-electron chi connectivity index (χ0n) is 17.1. The van der Waals surface area contributed by atoms with Crippen LogP contribution in [0.25, 0.3) is 0 Å². The average molecular weight is 442 g/mol. The number of benzene rings is 1. The lowest BCUT2D eigenvalue weighted by Crippen LogP contribution is -2.57. The number of nitrogens with zero attached hydrogens (tertiary/aromatic N) is 2. The molecule has 11 heteroatoms. The van der Waals surface area contributed by atoms with Crippen LogP contribution in [-0.2, 0) is 25.3 Å². The molecule has 1 aromatic rings. The third kappa shape index (κ3) is 4.99. The van der Waals surface area contributed by atoms with Crippen molar-refractivity contribution < 1.29 is 32.3 Å². The zero-order valence-corrected chi connectivity index (χ0v) is 17.1. The highest BCUT2D eigenvalue weighted by atomic mass is 19.4. The van der Waals surface area contributed by atoms with Gasteiger partial charge >= 0.3 is 6.18 Å². The molecule has 1 saturated heterocycles. The van der Waals surface area contributed by atoms with E-state index >= 15 is 0 Å².